The fraction of sp³-hybridized carbons (Fsp3) is 0.351. The molecule has 10 aromatic rings. The predicted octanol–water partition coefficient (Wildman–Crippen LogP) is 14.1. The lowest BCUT2D eigenvalue weighted by molar-refractivity contribution is -0.146. The minimum Gasteiger partial charge on any atom is -0.463 e. The molecule has 0 unspecified atom stereocenters. The summed E-state index contributed by atoms with van der Waals surface area (Å²) in [6.07, 6.45) is 3.12. The number of fused-ring (bicyclic) bond motifs is 4. The van der Waals surface area contributed by atoms with Gasteiger partial charge >= 0.3 is 36.1 Å². The van der Waals surface area contributed by atoms with Crippen molar-refractivity contribution >= 4 is 79.7 Å². The number of rotatable bonds is 18. The van der Waals surface area contributed by atoms with Crippen molar-refractivity contribution in [2.45, 2.75) is 148 Å². The lowest BCUT2D eigenvalue weighted by atomic mass is 9.93. The Kier molecular flexibility index (Phi) is 20.1. The number of aromatic nitrogens is 4. The number of carbonyl (C=O) groups excluding carboxylic acids is 6. The average Bonchev–Trinajstić information content (AvgIpc) is 1.60. The number of hydrogen-bond acceptors (Lipinski definition) is 13. The number of esters is 4. The van der Waals surface area contributed by atoms with E-state index in [1.54, 1.807) is 28.0 Å². The Morgan fingerprint density at radius 1 is 0.410 bits per heavy atom. The van der Waals surface area contributed by atoms with Crippen molar-refractivity contribution in [3.63, 3.8) is 0 Å². The van der Waals surface area contributed by atoms with Crippen molar-refractivity contribution in [2.75, 3.05) is 19.6 Å². The molecule has 3 saturated heterocycles. The summed E-state index contributed by atoms with van der Waals surface area (Å²) >= 11 is 0. The molecule has 14 rings (SSSR count). The summed E-state index contributed by atoms with van der Waals surface area (Å²) in [5.41, 5.74) is 10.4. The number of hydrogen-bond donors (Lipinski definition) is 5. The molecule has 1 aliphatic carbocycles. The van der Waals surface area contributed by atoms with E-state index in [0.29, 0.717) is 82.4 Å². The van der Waals surface area contributed by atoms with Crippen LogP contribution in [-0.4, -0.2) is 128 Å². The van der Waals surface area contributed by atoms with Crippen molar-refractivity contribution < 1.29 is 74.8 Å². The van der Waals surface area contributed by atoms with Crippen LogP contribution in [0.5, 0.6) is 0 Å². The Bertz CT molecular complexity index is 4410. The van der Waals surface area contributed by atoms with Gasteiger partial charge in [0, 0.05) is 115 Å². The molecule has 100 heavy (non-hydrogen) atoms. The van der Waals surface area contributed by atoms with Crippen LogP contribution in [0.2, 0.25) is 0 Å². The van der Waals surface area contributed by atoms with Crippen LogP contribution in [0.1, 0.15) is 99.6 Å². The molecule has 3 aliphatic heterocycles. The molecule has 5 N–H and O–H groups in total. The number of nitrogens with zero attached hydrogens (tertiary/aromatic N) is 2. The highest BCUT2D eigenvalue weighted by Crippen LogP contribution is 2.43. The molecule has 1 saturated carbocycles. The monoisotopic (exact) mass is 1370 g/mol. The highest BCUT2D eigenvalue weighted by atomic mass is 19.1. The second-order valence-corrected chi connectivity index (χ2v) is 26.6. The summed E-state index contributed by atoms with van der Waals surface area (Å²) in [5, 5.41) is 6.71. The first kappa shape index (κ1) is 68.1. The van der Waals surface area contributed by atoms with E-state index in [1.807, 2.05) is 66.7 Å². The van der Waals surface area contributed by atoms with Crippen molar-refractivity contribution in [2.24, 2.45) is 5.92 Å². The number of carbonyl (C=O) groups is 6. The lowest BCUT2D eigenvalue weighted by Crippen LogP contribution is -2.38. The molecular weight excluding hydrogens is 1290 g/mol. The average molecular weight is 1370 g/mol. The van der Waals surface area contributed by atoms with Gasteiger partial charge in [-0.05, 0) is 157 Å². The second-order valence-electron chi connectivity index (χ2n) is 26.6. The largest absolute Gasteiger partial charge is 0.463 e. The van der Waals surface area contributed by atoms with E-state index in [4.69, 9.17) is 28.4 Å². The van der Waals surface area contributed by atoms with Gasteiger partial charge in [0.15, 0.2) is 0 Å². The number of aromatic amines is 4. The molecule has 0 radical (unpaired) electrons. The Balaban J connectivity index is 0.000000194. The van der Waals surface area contributed by atoms with Crippen molar-refractivity contribution in [3.05, 3.63) is 190 Å². The molecule has 8 atom stereocenters. The summed E-state index contributed by atoms with van der Waals surface area (Å²) in [7, 11) is 0. The minimum absolute atomic E-state index is 0.0457. The summed E-state index contributed by atoms with van der Waals surface area (Å²) in [5.74, 6) is -2.79. The number of H-pyrrole nitrogens is 4. The highest BCUT2D eigenvalue weighted by molar-refractivity contribution is 5.98. The Morgan fingerprint density at radius 3 is 1.16 bits per heavy atom. The molecule has 520 valence electrons. The van der Waals surface area contributed by atoms with Gasteiger partial charge in [-0.3, -0.25) is 19.2 Å². The highest BCUT2D eigenvalue weighted by Gasteiger charge is 2.42. The third-order valence-electron chi connectivity index (χ3n) is 19.4. The molecule has 2 amide bonds. The van der Waals surface area contributed by atoms with Crippen LogP contribution in [-0.2, 0) is 86.5 Å². The van der Waals surface area contributed by atoms with Gasteiger partial charge in [-0.2, -0.15) is 0 Å². The number of amides is 2. The van der Waals surface area contributed by atoms with Crippen LogP contribution in [0.25, 0.3) is 66.4 Å². The van der Waals surface area contributed by atoms with Crippen LogP contribution < -0.4 is 5.32 Å². The number of nitrogens with one attached hydrogen (secondary N) is 5. The third-order valence-corrected chi connectivity index (χ3v) is 19.4. The Labute approximate surface area is 573 Å². The molecule has 19 nitrogen and oxygen atoms in total. The second kappa shape index (κ2) is 29.6. The SMILES string of the molecule is CC(=O)O[C@@H]1CC[C@H](Cc2c(-c3[nH]c4cc(F)ccc4c3C[C@@H]3C[C@H](OC(C)=O)CN3)[nH]c3cc(F)ccc23)C1.CC(=O)O[C@H]1C[C@@H](Cc2c(-c3[nH]c4cc(F)ccc4c3C[C@@H]3C[C@H](OC(C)=O)CN3C(=O)OCc3ccccc3)[nH]c3cc(F)ccc23)N(C(=O)OCc2ccccc2)C1. The van der Waals surface area contributed by atoms with Crippen molar-refractivity contribution in [1.82, 2.24) is 35.1 Å². The fourth-order valence-corrected chi connectivity index (χ4v) is 15.3. The first-order valence-corrected chi connectivity index (χ1v) is 33.8. The summed E-state index contributed by atoms with van der Waals surface area (Å²) in [4.78, 5) is 91.6. The number of ether oxygens (including phenoxy) is 6. The van der Waals surface area contributed by atoms with E-state index >= 15 is 0 Å². The van der Waals surface area contributed by atoms with Crippen LogP contribution >= 0.6 is 0 Å². The van der Waals surface area contributed by atoms with Gasteiger partial charge in [0.25, 0.3) is 0 Å². The molecule has 0 spiro atoms. The Hall–Kier alpha value is -10.4. The smallest absolute Gasteiger partial charge is 0.410 e. The molecule has 4 aliphatic rings. The number of halogens is 4. The van der Waals surface area contributed by atoms with Crippen molar-refractivity contribution in [1.29, 1.82) is 0 Å². The summed E-state index contributed by atoms with van der Waals surface area (Å²) < 4.78 is 91.9. The first-order valence-electron chi connectivity index (χ1n) is 33.8. The molecule has 23 heteroatoms. The minimum atomic E-state index is -0.588. The molecule has 4 aromatic heterocycles. The quantitative estimate of drug-likeness (QED) is 0.0306. The number of likely N-dealkylation sites (tertiary alicyclic amines) is 2. The summed E-state index contributed by atoms with van der Waals surface area (Å²) in [6.45, 7) is 6.39. The molecule has 6 aromatic carbocycles. The zero-order valence-corrected chi connectivity index (χ0v) is 55.7. The lowest BCUT2D eigenvalue weighted by Gasteiger charge is -2.25. The Morgan fingerprint density at radius 2 is 0.770 bits per heavy atom. The molecular formula is C77H77F4N7O12. The first-order chi connectivity index (χ1) is 48.2. The zero-order chi connectivity index (χ0) is 69.9. The van der Waals surface area contributed by atoms with Gasteiger partial charge in [0.1, 0.15) is 60.9 Å². The van der Waals surface area contributed by atoms with E-state index in [2.05, 4.69) is 25.3 Å². The van der Waals surface area contributed by atoms with E-state index in [-0.39, 0.29) is 81.0 Å². The summed E-state index contributed by atoms with van der Waals surface area (Å²) in [6, 6.07) is 36.0. The maximum absolute atomic E-state index is 14.9. The predicted molar refractivity (Wildman–Crippen MR) is 365 cm³/mol. The van der Waals surface area contributed by atoms with E-state index in [0.717, 1.165) is 81.2 Å². The van der Waals surface area contributed by atoms with E-state index in [1.165, 1.54) is 76.2 Å². The van der Waals surface area contributed by atoms with Gasteiger partial charge < -0.3 is 63.5 Å². The molecule has 4 fully saturated rings. The molecule has 0 bridgehead atoms. The van der Waals surface area contributed by atoms with Gasteiger partial charge in [0.05, 0.1) is 35.9 Å². The molecule has 7 heterocycles. The van der Waals surface area contributed by atoms with Gasteiger partial charge in [-0.15, -0.1) is 0 Å². The van der Waals surface area contributed by atoms with Gasteiger partial charge in [-0.25, -0.2) is 27.2 Å². The normalized spacial score (nSPS) is 20.4. The van der Waals surface area contributed by atoms with Crippen LogP contribution in [0.4, 0.5) is 27.2 Å². The van der Waals surface area contributed by atoms with E-state index in [9.17, 15) is 46.3 Å². The number of benzene rings is 6. The maximum atomic E-state index is 14.9. The van der Waals surface area contributed by atoms with Crippen LogP contribution in [0.3, 0.4) is 0 Å². The fourth-order valence-electron chi connectivity index (χ4n) is 15.3. The van der Waals surface area contributed by atoms with Gasteiger partial charge in [0.2, 0.25) is 0 Å². The zero-order valence-electron chi connectivity index (χ0n) is 55.7. The van der Waals surface area contributed by atoms with Crippen LogP contribution in [0.15, 0.2) is 133 Å². The van der Waals surface area contributed by atoms with Gasteiger partial charge in [-0.1, -0.05) is 60.7 Å². The third kappa shape index (κ3) is 15.5. The maximum Gasteiger partial charge on any atom is 0.410 e. The van der Waals surface area contributed by atoms with Crippen molar-refractivity contribution in [3.8, 4) is 22.8 Å². The van der Waals surface area contributed by atoms with E-state index < -0.39 is 60.1 Å². The topological polar surface area (TPSA) is 239 Å². The van der Waals surface area contributed by atoms with Crippen LogP contribution in [0, 0.1) is 29.2 Å². The standard InChI is InChI=1S/C46H44F2N4O8.C31H33F2N3O4/c1-27(53)59-35-19-33(51(23-35)45(55)57-25-29-9-5-3-6-10-29)21-39-37-15-13-31(47)17-41(37)49-43(39)44-40(38-16-14-32(48)18-42(38)50-44)22-34-20-36(60-28(2)54)24-52(34)46(56)58-26-30-11-7-4-8-12-30;1-16(37)39-22-6-3-18(9-22)10-26-24-7-4-19(32)11-28(24)35-30(26)31-27(25-8-5-20(33)12-29(25)36-31)14-21-13-23(15-34-21)40-17(2)38/h3-18,33-36,49-50H,19-26H2,1-2H3;4-5,7-8,11-12,18,21-23,34-36H,3,6,9-10,13-15H2,1-2H3/t33-,34-,35-,36-;18-,21-,22+,23-/m00/s1.